The summed E-state index contributed by atoms with van der Waals surface area (Å²) in [5, 5.41) is 17.5. The Labute approximate surface area is 115 Å². The highest BCUT2D eigenvalue weighted by atomic mass is 19.2. The number of carboxylic acid groups (broad SMARTS) is 2. The van der Waals surface area contributed by atoms with Crippen LogP contribution in [-0.2, 0) is 0 Å². The van der Waals surface area contributed by atoms with Crippen molar-refractivity contribution in [3.63, 3.8) is 0 Å². The molecule has 1 aromatic rings. The molecule has 0 radical (unpaired) electrons. The summed E-state index contributed by atoms with van der Waals surface area (Å²) < 4.78 is 25.8. The largest absolute Gasteiger partial charge is 0.478 e. The molecule has 0 saturated heterocycles. The van der Waals surface area contributed by atoms with Gasteiger partial charge in [0.15, 0.2) is 0 Å². The highest BCUT2D eigenvalue weighted by Crippen LogP contribution is 2.22. The molecular weight excluding hydrogens is 290 g/mol. The second-order valence-corrected chi connectivity index (χ2v) is 3.84. The van der Waals surface area contributed by atoms with Gasteiger partial charge in [0.25, 0.3) is 0 Å². The van der Waals surface area contributed by atoms with Crippen molar-refractivity contribution in [1.82, 2.24) is 16.2 Å². The highest BCUT2D eigenvalue weighted by molar-refractivity contribution is 6.01. The first-order valence-corrected chi connectivity index (χ1v) is 5.42. The number of halogens is 2. The molecule has 0 fully saturated rings. The van der Waals surface area contributed by atoms with Crippen LogP contribution in [0.5, 0.6) is 0 Å². The van der Waals surface area contributed by atoms with Gasteiger partial charge in [-0.2, -0.15) is 4.39 Å². The van der Waals surface area contributed by atoms with Crippen molar-refractivity contribution in [2.24, 2.45) is 4.99 Å². The first kappa shape index (κ1) is 14.4. The molecule has 0 bridgehead atoms. The molecule has 2 rings (SSSR count). The third-order valence-electron chi connectivity index (χ3n) is 2.40. The average molecular weight is 298 g/mol. The minimum atomic E-state index is -1.42. The van der Waals surface area contributed by atoms with Crippen LogP contribution in [0.1, 0.15) is 20.7 Å². The first-order valence-electron chi connectivity index (χ1n) is 5.42. The van der Waals surface area contributed by atoms with E-state index in [-0.39, 0.29) is 22.4 Å². The number of carbonyl (C=O) groups is 2. The standard InChI is InChI=1S/C11H8F2N4O4/c12-8-4-9(16-17(13)15-8)14-7-2-1-5(10(18)19)3-6(7)11(20)21/h1-4,15H,(H,14,16)(H,18,19)(H,20,21). The maximum atomic E-state index is 13.0. The van der Waals surface area contributed by atoms with Gasteiger partial charge in [-0.15, -0.1) is 0 Å². The third-order valence-corrected chi connectivity index (χ3v) is 2.40. The van der Waals surface area contributed by atoms with Crippen LogP contribution in [0.15, 0.2) is 35.2 Å². The van der Waals surface area contributed by atoms with Crippen molar-refractivity contribution in [3.05, 3.63) is 41.4 Å². The fourth-order valence-corrected chi connectivity index (χ4v) is 1.53. The molecule has 1 aromatic carbocycles. The van der Waals surface area contributed by atoms with E-state index in [1.165, 1.54) is 0 Å². The van der Waals surface area contributed by atoms with Crippen molar-refractivity contribution in [2.75, 3.05) is 0 Å². The molecule has 0 aromatic heterocycles. The summed E-state index contributed by atoms with van der Waals surface area (Å²) in [7, 11) is 0. The average Bonchev–Trinajstić information content (AvgIpc) is 2.37. The first-order chi connectivity index (χ1) is 9.86. The lowest BCUT2D eigenvalue weighted by molar-refractivity contribution is -0.0612. The van der Waals surface area contributed by atoms with Crippen molar-refractivity contribution in [3.8, 4) is 0 Å². The Morgan fingerprint density at radius 2 is 1.90 bits per heavy atom. The van der Waals surface area contributed by atoms with E-state index in [0.29, 0.717) is 0 Å². The van der Waals surface area contributed by atoms with Crippen LogP contribution in [0.25, 0.3) is 0 Å². The molecule has 4 N–H and O–H groups in total. The zero-order valence-electron chi connectivity index (χ0n) is 10.2. The lowest BCUT2D eigenvalue weighted by atomic mass is 10.1. The Morgan fingerprint density at radius 3 is 2.48 bits per heavy atom. The van der Waals surface area contributed by atoms with E-state index in [4.69, 9.17) is 10.2 Å². The summed E-state index contributed by atoms with van der Waals surface area (Å²) in [6.45, 7) is 0. The number of amidine groups is 1. The maximum Gasteiger partial charge on any atom is 0.337 e. The van der Waals surface area contributed by atoms with Crippen LogP contribution >= 0.6 is 0 Å². The molecule has 1 aliphatic heterocycles. The van der Waals surface area contributed by atoms with Gasteiger partial charge in [-0.05, 0) is 18.2 Å². The molecule has 0 saturated carbocycles. The lowest BCUT2D eigenvalue weighted by Crippen LogP contribution is -2.47. The predicted octanol–water partition coefficient (Wildman–Crippen LogP) is 1.13. The quantitative estimate of drug-likeness (QED) is 0.488. The Kier molecular flexibility index (Phi) is 3.80. The van der Waals surface area contributed by atoms with Crippen LogP contribution in [0, 0.1) is 0 Å². The minimum absolute atomic E-state index is 0.158. The van der Waals surface area contributed by atoms with E-state index in [0.717, 1.165) is 24.3 Å². The Balaban J connectivity index is 2.46. The molecule has 1 aliphatic rings. The van der Waals surface area contributed by atoms with E-state index < -0.39 is 23.5 Å². The lowest BCUT2D eigenvalue weighted by Gasteiger charge is -2.19. The summed E-state index contributed by atoms with van der Waals surface area (Å²) >= 11 is 0. The van der Waals surface area contributed by atoms with E-state index >= 15 is 0 Å². The van der Waals surface area contributed by atoms with Crippen LogP contribution in [0.4, 0.5) is 14.6 Å². The monoisotopic (exact) mass is 298 g/mol. The molecule has 8 nitrogen and oxygen atoms in total. The van der Waals surface area contributed by atoms with E-state index in [1.807, 2.05) is 5.43 Å². The third kappa shape index (κ3) is 3.30. The van der Waals surface area contributed by atoms with E-state index in [1.54, 1.807) is 5.43 Å². The Hall–Kier alpha value is -3.01. The van der Waals surface area contributed by atoms with Gasteiger partial charge in [-0.3, -0.25) is 5.43 Å². The molecule has 0 unspecified atom stereocenters. The van der Waals surface area contributed by atoms with Gasteiger partial charge >= 0.3 is 11.9 Å². The number of hydrogen-bond acceptors (Lipinski definition) is 5. The van der Waals surface area contributed by atoms with Gasteiger partial charge in [0.1, 0.15) is 5.84 Å². The minimum Gasteiger partial charge on any atom is -0.478 e. The summed E-state index contributed by atoms with van der Waals surface area (Å²) in [6, 6.07) is 3.15. The normalized spacial score (nSPS) is 16.9. The Bertz CT molecular complexity index is 674. The molecule has 0 aliphatic carbocycles. The smallest absolute Gasteiger partial charge is 0.337 e. The zero-order chi connectivity index (χ0) is 15.6. The predicted molar refractivity (Wildman–Crippen MR) is 65.9 cm³/mol. The SMILES string of the molecule is O=C(O)c1ccc(N=C2C=C(F)NN(F)N2)c(C(=O)O)c1. The van der Waals surface area contributed by atoms with Gasteiger partial charge < -0.3 is 10.2 Å². The number of hydrazine groups is 2. The maximum absolute atomic E-state index is 13.0. The molecular formula is C11H8F2N4O4. The van der Waals surface area contributed by atoms with Crippen LogP contribution in [0.3, 0.4) is 0 Å². The molecule has 0 atom stereocenters. The van der Waals surface area contributed by atoms with Gasteiger partial charge in [-0.1, -0.05) is 4.48 Å². The number of hydrogen-bond donors (Lipinski definition) is 4. The highest BCUT2D eigenvalue weighted by Gasteiger charge is 2.17. The second-order valence-electron chi connectivity index (χ2n) is 3.84. The molecule has 0 amide bonds. The van der Waals surface area contributed by atoms with Gasteiger partial charge in [-0.25, -0.2) is 20.0 Å². The van der Waals surface area contributed by atoms with Crippen LogP contribution in [0.2, 0.25) is 0 Å². The number of carboxylic acids is 2. The molecule has 21 heavy (non-hydrogen) atoms. The van der Waals surface area contributed by atoms with Crippen molar-refractivity contribution in [1.29, 1.82) is 0 Å². The number of aliphatic imine (C=N–C) groups is 1. The van der Waals surface area contributed by atoms with Crippen LogP contribution < -0.4 is 10.9 Å². The van der Waals surface area contributed by atoms with Gasteiger partial charge in [0.05, 0.1) is 16.8 Å². The van der Waals surface area contributed by atoms with Crippen molar-refractivity contribution >= 4 is 23.5 Å². The molecule has 0 spiro atoms. The van der Waals surface area contributed by atoms with E-state index in [2.05, 4.69) is 4.99 Å². The molecule has 1 heterocycles. The van der Waals surface area contributed by atoms with Crippen molar-refractivity contribution in [2.45, 2.75) is 0 Å². The zero-order valence-corrected chi connectivity index (χ0v) is 10.2. The second kappa shape index (κ2) is 5.54. The van der Waals surface area contributed by atoms with E-state index in [9.17, 15) is 18.5 Å². The number of rotatable bonds is 3. The number of nitrogens with zero attached hydrogens (tertiary/aromatic N) is 2. The number of nitrogens with one attached hydrogen (secondary N) is 2. The summed E-state index contributed by atoms with van der Waals surface area (Å²) in [5.41, 5.74) is 2.79. The summed E-state index contributed by atoms with van der Waals surface area (Å²) in [4.78, 5) is 25.6. The fourth-order valence-electron chi connectivity index (χ4n) is 1.53. The number of benzene rings is 1. The summed E-state index contributed by atoms with van der Waals surface area (Å²) in [6.07, 6.45) is 0.798. The Morgan fingerprint density at radius 1 is 1.19 bits per heavy atom. The van der Waals surface area contributed by atoms with Crippen molar-refractivity contribution < 1.29 is 28.7 Å². The van der Waals surface area contributed by atoms with Crippen LogP contribution in [-0.4, -0.2) is 33.3 Å². The number of aromatic carboxylic acids is 2. The van der Waals surface area contributed by atoms with Gasteiger partial charge in [0.2, 0.25) is 5.95 Å². The topological polar surface area (TPSA) is 114 Å². The molecule has 110 valence electrons. The molecule has 10 heteroatoms. The fraction of sp³-hybridized carbons (Fsp3) is 0. The summed E-state index contributed by atoms with van der Waals surface area (Å²) in [5.74, 6) is -4.08. The van der Waals surface area contributed by atoms with Gasteiger partial charge in [0, 0.05) is 11.4 Å².